The minimum Gasteiger partial charge on any atom is -0.485 e. The van der Waals surface area contributed by atoms with E-state index in [1.54, 1.807) is 18.2 Å². The molecule has 0 aliphatic carbocycles. The second-order valence-corrected chi connectivity index (χ2v) is 5.66. The van der Waals surface area contributed by atoms with Crippen LogP contribution in [0.15, 0.2) is 59.7 Å². The smallest absolute Gasteiger partial charge is 0.303 e. The second-order valence-electron chi connectivity index (χ2n) is 5.66. The molecule has 0 fully saturated rings. The Morgan fingerprint density at radius 3 is 2.46 bits per heavy atom. The third-order valence-electron chi connectivity index (χ3n) is 3.78. The molecule has 2 N–H and O–H groups in total. The molecule has 1 unspecified atom stereocenters. The van der Waals surface area contributed by atoms with E-state index in [1.165, 1.54) is 0 Å². The fourth-order valence-electron chi connectivity index (χ4n) is 2.46. The van der Waals surface area contributed by atoms with Crippen molar-refractivity contribution in [3.63, 3.8) is 0 Å². The average molecular weight is 354 g/mol. The Kier molecular flexibility index (Phi) is 5.48. The summed E-state index contributed by atoms with van der Waals surface area (Å²) in [5.74, 6) is -0.299. The summed E-state index contributed by atoms with van der Waals surface area (Å²) in [5, 5.41) is 13.0. The number of aliphatic carboxylic acids is 1. The maximum absolute atomic E-state index is 12.3. The number of benzene rings is 2. The summed E-state index contributed by atoms with van der Waals surface area (Å²) < 4.78 is 11.1. The van der Waals surface area contributed by atoms with Crippen molar-refractivity contribution in [2.45, 2.75) is 18.9 Å². The van der Waals surface area contributed by atoms with Gasteiger partial charge in [-0.15, -0.1) is 0 Å². The molecule has 2 aromatic rings. The van der Waals surface area contributed by atoms with Crippen LogP contribution in [0, 0.1) is 0 Å². The summed E-state index contributed by atoms with van der Waals surface area (Å²) >= 11 is 0. The molecule has 2 aromatic carbocycles. The zero-order valence-electron chi connectivity index (χ0n) is 13.9. The lowest BCUT2D eigenvalue weighted by Crippen LogP contribution is -2.42. The van der Waals surface area contributed by atoms with Crippen LogP contribution in [-0.2, 0) is 9.59 Å². The van der Waals surface area contributed by atoms with Crippen LogP contribution in [0.5, 0.6) is 11.5 Å². The van der Waals surface area contributed by atoms with Gasteiger partial charge in [0, 0.05) is 6.42 Å². The number of carbonyl (C=O) groups excluding carboxylic acids is 1. The summed E-state index contributed by atoms with van der Waals surface area (Å²) in [6.45, 7) is 0.0775. The number of carboxylic acids is 1. The maximum atomic E-state index is 12.3. The van der Waals surface area contributed by atoms with E-state index in [0.717, 1.165) is 5.56 Å². The fourth-order valence-corrected chi connectivity index (χ4v) is 2.46. The number of nitrogens with zero attached hydrogens (tertiary/aromatic N) is 1. The van der Waals surface area contributed by atoms with Gasteiger partial charge >= 0.3 is 5.97 Å². The van der Waals surface area contributed by atoms with Crippen molar-refractivity contribution in [2.24, 2.45) is 5.10 Å². The van der Waals surface area contributed by atoms with E-state index in [-0.39, 0.29) is 19.4 Å². The highest BCUT2D eigenvalue weighted by molar-refractivity contribution is 6.02. The number of rotatable bonds is 6. The Morgan fingerprint density at radius 2 is 1.73 bits per heavy atom. The number of hydrogen-bond donors (Lipinski definition) is 2. The van der Waals surface area contributed by atoms with Gasteiger partial charge in [-0.05, 0) is 17.7 Å². The Bertz CT molecular complexity index is 820. The van der Waals surface area contributed by atoms with Crippen molar-refractivity contribution in [2.75, 3.05) is 6.61 Å². The summed E-state index contributed by atoms with van der Waals surface area (Å²) in [5.41, 5.74) is 3.69. The molecular weight excluding hydrogens is 336 g/mol. The molecule has 1 aliphatic heterocycles. The van der Waals surface area contributed by atoms with Crippen LogP contribution in [0.2, 0.25) is 0 Å². The number of amides is 1. The first kappa shape index (κ1) is 17.5. The van der Waals surface area contributed by atoms with Crippen molar-refractivity contribution >= 4 is 17.6 Å². The zero-order chi connectivity index (χ0) is 18.4. The normalized spacial score (nSPS) is 16.0. The van der Waals surface area contributed by atoms with Gasteiger partial charge in [-0.3, -0.25) is 9.59 Å². The van der Waals surface area contributed by atoms with Crippen LogP contribution in [-0.4, -0.2) is 35.4 Å². The van der Waals surface area contributed by atoms with Crippen molar-refractivity contribution in [1.29, 1.82) is 0 Å². The van der Waals surface area contributed by atoms with Gasteiger partial charge in [-0.2, -0.15) is 5.10 Å². The van der Waals surface area contributed by atoms with E-state index in [4.69, 9.17) is 14.6 Å². The van der Waals surface area contributed by atoms with Crippen LogP contribution >= 0.6 is 0 Å². The van der Waals surface area contributed by atoms with Crippen LogP contribution in [0.4, 0.5) is 0 Å². The molecule has 1 amide bonds. The van der Waals surface area contributed by atoms with Crippen molar-refractivity contribution in [1.82, 2.24) is 5.43 Å². The summed E-state index contributed by atoms with van der Waals surface area (Å²) in [6, 6.07) is 16.2. The first-order valence-corrected chi connectivity index (χ1v) is 8.15. The fraction of sp³-hybridized carbons (Fsp3) is 0.211. The molecule has 0 spiro atoms. The van der Waals surface area contributed by atoms with Crippen LogP contribution in [0.1, 0.15) is 18.4 Å². The first-order chi connectivity index (χ1) is 12.6. The van der Waals surface area contributed by atoms with Gasteiger partial charge < -0.3 is 14.6 Å². The van der Waals surface area contributed by atoms with E-state index in [2.05, 4.69) is 10.5 Å². The number of hydrazone groups is 1. The molecule has 0 radical (unpaired) electrons. The monoisotopic (exact) mass is 354 g/mol. The van der Waals surface area contributed by atoms with Crippen molar-refractivity contribution in [3.05, 3.63) is 60.2 Å². The molecule has 3 rings (SSSR count). The lowest BCUT2D eigenvalue weighted by molar-refractivity contribution is -0.136. The predicted octanol–water partition coefficient (Wildman–Crippen LogP) is 2.21. The third-order valence-corrected chi connectivity index (χ3v) is 3.78. The molecule has 0 saturated carbocycles. The minimum atomic E-state index is -0.930. The second kappa shape index (κ2) is 8.15. The Balaban J connectivity index is 1.69. The van der Waals surface area contributed by atoms with E-state index in [0.29, 0.717) is 17.2 Å². The SMILES string of the molecule is O=C(O)CC/C(=N/NC(=O)C1COc2ccccc2O1)c1ccccc1. The van der Waals surface area contributed by atoms with Gasteiger partial charge in [0.25, 0.3) is 5.91 Å². The van der Waals surface area contributed by atoms with Crippen LogP contribution in [0.3, 0.4) is 0 Å². The van der Waals surface area contributed by atoms with E-state index < -0.39 is 18.0 Å². The van der Waals surface area contributed by atoms with Gasteiger partial charge in [0.2, 0.25) is 6.10 Å². The van der Waals surface area contributed by atoms with Crippen LogP contribution in [0.25, 0.3) is 0 Å². The Labute approximate surface area is 150 Å². The quantitative estimate of drug-likeness (QED) is 0.612. The third kappa shape index (κ3) is 4.38. The number of para-hydroxylation sites is 2. The number of hydrogen-bond acceptors (Lipinski definition) is 5. The average Bonchev–Trinajstić information content (AvgIpc) is 2.68. The molecule has 1 atom stereocenters. The maximum Gasteiger partial charge on any atom is 0.303 e. The summed E-state index contributed by atoms with van der Waals surface area (Å²) in [4.78, 5) is 23.2. The standard InChI is InChI=1S/C19H18N2O5/c22-18(23)11-10-14(13-6-2-1-3-7-13)20-21-19(24)17-12-25-15-8-4-5-9-16(15)26-17/h1-9,17H,10-12H2,(H,21,24)(H,22,23)/b20-14-. The Morgan fingerprint density at radius 1 is 1.04 bits per heavy atom. The van der Waals surface area contributed by atoms with Gasteiger partial charge in [-0.1, -0.05) is 42.5 Å². The molecule has 0 bridgehead atoms. The van der Waals surface area contributed by atoms with Gasteiger partial charge in [0.15, 0.2) is 11.5 Å². The number of fused-ring (bicyclic) bond motifs is 1. The highest BCUT2D eigenvalue weighted by Gasteiger charge is 2.27. The molecule has 7 heteroatoms. The van der Waals surface area contributed by atoms with Gasteiger partial charge in [0.1, 0.15) is 6.61 Å². The highest BCUT2D eigenvalue weighted by atomic mass is 16.6. The van der Waals surface area contributed by atoms with Crippen LogP contribution < -0.4 is 14.9 Å². The van der Waals surface area contributed by atoms with E-state index in [1.807, 2.05) is 36.4 Å². The summed E-state index contributed by atoms with van der Waals surface area (Å²) in [6.07, 6.45) is -0.713. The molecule has 7 nitrogen and oxygen atoms in total. The molecule has 134 valence electrons. The number of nitrogens with one attached hydrogen (secondary N) is 1. The van der Waals surface area contributed by atoms with Crippen molar-refractivity contribution < 1.29 is 24.2 Å². The molecule has 26 heavy (non-hydrogen) atoms. The lowest BCUT2D eigenvalue weighted by Gasteiger charge is -2.24. The molecule has 0 aromatic heterocycles. The zero-order valence-corrected chi connectivity index (χ0v) is 13.9. The van der Waals surface area contributed by atoms with Gasteiger partial charge in [-0.25, -0.2) is 5.43 Å². The summed E-state index contributed by atoms with van der Waals surface area (Å²) in [7, 11) is 0. The minimum absolute atomic E-state index is 0.0775. The predicted molar refractivity (Wildman–Crippen MR) is 94.3 cm³/mol. The lowest BCUT2D eigenvalue weighted by atomic mass is 10.1. The Hall–Kier alpha value is -3.35. The van der Waals surface area contributed by atoms with Crippen molar-refractivity contribution in [3.8, 4) is 11.5 Å². The first-order valence-electron chi connectivity index (χ1n) is 8.15. The molecular formula is C19H18N2O5. The van der Waals surface area contributed by atoms with E-state index in [9.17, 15) is 9.59 Å². The molecule has 0 saturated heterocycles. The molecule has 1 aliphatic rings. The molecule has 1 heterocycles. The van der Waals surface area contributed by atoms with Gasteiger partial charge in [0.05, 0.1) is 12.1 Å². The number of ether oxygens (including phenoxy) is 2. The number of carboxylic acid groups (broad SMARTS) is 1. The topological polar surface area (TPSA) is 97.2 Å². The number of carbonyl (C=O) groups is 2. The highest BCUT2D eigenvalue weighted by Crippen LogP contribution is 2.30. The largest absolute Gasteiger partial charge is 0.485 e. The van der Waals surface area contributed by atoms with E-state index >= 15 is 0 Å².